The Hall–Kier alpha value is -2.85. The van der Waals surface area contributed by atoms with Crippen LogP contribution in [0.4, 0.5) is 5.69 Å². The summed E-state index contributed by atoms with van der Waals surface area (Å²) in [4.78, 5) is 18.5. The van der Waals surface area contributed by atoms with Crippen molar-refractivity contribution in [3.05, 3.63) is 42.2 Å². The zero-order valence-corrected chi connectivity index (χ0v) is 19.6. The van der Waals surface area contributed by atoms with Crippen LogP contribution in [0, 0.1) is 0 Å². The molecule has 3 rings (SSSR count). The minimum atomic E-state index is -4.08. The van der Waals surface area contributed by atoms with E-state index in [1.54, 1.807) is 13.1 Å². The number of nitrogens with zero attached hydrogens (tertiary/aromatic N) is 2. The molecule has 1 aliphatic rings. The van der Waals surface area contributed by atoms with E-state index in [4.69, 9.17) is 9.47 Å². The van der Waals surface area contributed by atoms with Crippen LogP contribution in [0.1, 0.15) is 37.0 Å². The maximum absolute atomic E-state index is 13.2. The van der Waals surface area contributed by atoms with Gasteiger partial charge in [-0.3, -0.25) is 14.5 Å². The number of hydrogen-bond donors (Lipinski definition) is 2. The summed E-state index contributed by atoms with van der Waals surface area (Å²) in [5.74, 6) is 0.478. The van der Waals surface area contributed by atoms with Gasteiger partial charge in [0.2, 0.25) is 0 Å². The molecule has 0 radical (unpaired) electrons. The number of amides is 1. The van der Waals surface area contributed by atoms with E-state index < -0.39 is 15.9 Å². The van der Waals surface area contributed by atoms with Gasteiger partial charge in [0.15, 0.2) is 0 Å². The smallest absolute Gasteiger partial charge is 0.262 e. The van der Waals surface area contributed by atoms with Gasteiger partial charge in [0, 0.05) is 19.2 Å². The third kappa shape index (κ3) is 5.68. The number of anilines is 1. The molecule has 2 heterocycles. The predicted octanol–water partition coefficient (Wildman–Crippen LogP) is 2.50. The van der Waals surface area contributed by atoms with Gasteiger partial charge in [-0.1, -0.05) is 0 Å². The predicted molar refractivity (Wildman–Crippen MR) is 122 cm³/mol. The first-order valence-electron chi connectivity index (χ1n) is 10.5. The molecule has 0 spiro atoms. The van der Waals surface area contributed by atoms with E-state index in [-0.39, 0.29) is 28.3 Å². The third-order valence-electron chi connectivity index (χ3n) is 5.36. The molecule has 10 heteroatoms. The van der Waals surface area contributed by atoms with Gasteiger partial charge in [-0.15, -0.1) is 0 Å². The largest absolute Gasteiger partial charge is 0.495 e. The maximum atomic E-state index is 13.2. The number of rotatable bonds is 8. The van der Waals surface area contributed by atoms with Gasteiger partial charge in [0.05, 0.1) is 30.8 Å². The van der Waals surface area contributed by atoms with E-state index in [9.17, 15) is 13.2 Å². The molecule has 2 aromatic rings. The fraction of sp³-hybridized carbons (Fsp3) is 0.455. The van der Waals surface area contributed by atoms with Gasteiger partial charge in [-0.05, 0) is 58.0 Å². The second-order valence-electron chi connectivity index (χ2n) is 7.95. The summed E-state index contributed by atoms with van der Waals surface area (Å²) in [6, 6.07) is 5.92. The van der Waals surface area contributed by atoms with E-state index in [0.717, 1.165) is 25.9 Å². The van der Waals surface area contributed by atoms with Crippen molar-refractivity contribution < 1.29 is 22.7 Å². The Balaban J connectivity index is 1.97. The first-order valence-corrected chi connectivity index (χ1v) is 12.0. The molecule has 0 atom stereocenters. The summed E-state index contributed by atoms with van der Waals surface area (Å²) in [6.07, 6.45) is 4.55. The maximum Gasteiger partial charge on any atom is 0.262 e. The number of benzene rings is 1. The summed E-state index contributed by atoms with van der Waals surface area (Å²) >= 11 is 0. The molecule has 9 nitrogen and oxygen atoms in total. The number of carbonyl (C=O) groups excluding carboxylic acids is 1. The summed E-state index contributed by atoms with van der Waals surface area (Å²) in [5.41, 5.74) is 0.283. The lowest BCUT2D eigenvalue weighted by molar-refractivity contribution is 0.0749. The molecule has 32 heavy (non-hydrogen) atoms. The standard InChI is InChI=1S/C22H30N4O5S/c1-15(2)26(3)22(27)20-12-18(31-17-7-9-23-10-8-17)5-6-21(20)32(28,29)25-16-11-19(30-4)14-24-13-16/h5-6,11-15,17,23,25H,7-10H2,1-4H3. The van der Waals surface area contributed by atoms with Gasteiger partial charge < -0.3 is 19.7 Å². The number of aromatic nitrogens is 1. The van der Waals surface area contributed by atoms with Crippen molar-refractivity contribution in [2.24, 2.45) is 0 Å². The first-order chi connectivity index (χ1) is 15.2. The van der Waals surface area contributed by atoms with Crippen molar-refractivity contribution >= 4 is 21.6 Å². The number of ether oxygens (including phenoxy) is 2. The minimum absolute atomic E-state index is 0.0190. The van der Waals surface area contributed by atoms with Gasteiger partial charge >= 0.3 is 0 Å². The lowest BCUT2D eigenvalue weighted by atomic mass is 10.1. The van der Waals surface area contributed by atoms with E-state index in [1.807, 2.05) is 13.8 Å². The summed E-state index contributed by atoms with van der Waals surface area (Å²) in [5, 5.41) is 3.28. The fourth-order valence-electron chi connectivity index (χ4n) is 3.31. The number of hydrogen-bond acceptors (Lipinski definition) is 7. The van der Waals surface area contributed by atoms with Crippen molar-refractivity contribution in [3.63, 3.8) is 0 Å². The second kappa shape index (κ2) is 10.2. The number of carbonyl (C=O) groups is 1. The van der Waals surface area contributed by atoms with Crippen LogP contribution in [0.15, 0.2) is 41.6 Å². The van der Waals surface area contributed by atoms with Crippen LogP contribution >= 0.6 is 0 Å². The molecule has 1 aromatic heterocycles. The molecule has 174 valence electrons. The number of nitrogens with one attached hydrogen (secondary N) is 2. The van der Waals surface area contributed by atoms with Crippen molar-refractivity contribution in [1.29, 1.82) is 0 Å². The zero-order chi connectivity index (χ0) is 23.3. The monoisotopic (exact) mass is 462 g/mol. The van der Waals surface area contributed by atoms with Crippen LogP contribution in [0.3, 0.4) is 0 Å². The minimum Gasteiger partial charge on any atom is -0.495 e. The third-order valence-corrected chi connectivity index (χ3v) is 6.80. The highest BCUT2D eigenvalue weighted by atomic mass is 32.2. The highest BCUT2D eigenvalue weighted by Crippen LogP contribution is 2.28. The molecule has 1 saturated heterocycles. The topological polar surface area (TPSA) is 110 Å². The van der Waals surface area contributed by atoms with Crippen LogP contribution in [0.2, 0.25) is 0 Å². The lowest BCUT2D eigenvalue weighted by Gasteiger charge is -2.26. The normalized spacial score (nSPS) is 14.8. The van der Waals surface area contributed by atoms with Gasteiger partial charge in [-0.25, -0.2) is 8.42 Å². The number of sulfonamides is 1. The van der Waals surface area contributed by atoms with E-state index in [1.165, 1.54) is 42.6 Å². The number of piperidine rings is 1. The van der Waals surface area contributed by atoms with Gasteiger partial charge in [0.25, 0.3) is 15.9 Å². The van der Waals surface area contributed by atoms with E-state index >= 15 is 0 Å². The average Bonchev–Trinajstić information content (AvgIpc) is 2.78. The Kier molecular flexibility index (Phi) is 7.57. The Morgan fingerprint density at radius 2 is 1.91 bits per heavy atom. The van der Waals surface area contributed by atoms with Crippen LogP contribution in [0.5, 0.6) is 11.5 Å². The molecule has 1 aliphatic heterocycles. The first kappa shape index (κ1) is 23.8. The van der Waals surface area contributed by atoms with Crippen LogP contribution in [-0.4, -0.2) is 63.6 Å². The van der Waals surface area contributed by atoms with Crippen molar-refractivity contribution in [2.75, 3.05) is 32.0 Å². The molecular formula is C22H30N4O5S. The van der Waals surface area contributed by atoms with Crippen LogP contribution in [-0.2, 0) is 10.0 Å². The lowest BCUT2D eigenvalue weighted by Crippen LogP contribution is -2.35. The molecule has 1 aromatic carbocycles. The van der Waals surface area contributed by atoms with Crippen molar-refractivity contribution in [2.45, 2.75) is 43.7 Å². The summed E-state index contributed by atoms with van der Waals surface area (Å²) in [7, 11) is -0.972. The van der Waals surface area contributed by atoms with Gasteiger partial charge in [-0.2, -0.15) is 0 Å². The Bertz CT molecular complexity index is 1050. The molecule has 1 amide bonds. The Morgan fingerprint density at radius 3 is 2.56 bits per heavy atom. The molecule has 1 fully saturated rings. The zero-order valence-electron chi connectivity index (χ0n) is 18.8. The molecule has 0 unspecified atom stereocenters. The number of methoxy groups -OCH3 is 1. The SMILES string of the molecule is COc1cncc(NS(=O)(=O)c2ccc(OC3CCNCC3)cc2C(=O)N(C)C(C)C)c1. The van der Waals surface area contributed by atoms with E-state index in [2.05, 4.69) is 15.0 Å². The molecule has 0 saturated carbocycles. The van der Waals surface area contributed by atoms with E-state index in [0.29, 0.717) is 11.5 Å². The quantitative estimate of drug-likeness (QED) is 0.620. The molecule has 2 N–H and O–H groups in total. The number of pyridine rings is 1. The molecule has 0 aliphatic carbocycles. The highest BCUT2D eigenvalue weighted by molar-refractivity contribution is 7.92. The van der Waals surface area contributed by atoms with Crippen LogP contribution < -0.4 is 19.5 Å². The van der Waals surface area contributed by atoms with Crippen molar-refractivity contribution in [3.8, 4) is 11.5 Å². The molecule has 0 bridgehead atoms. The summed E-state index contributed by atoms with van der Waals surface area (Å²) < 4.78 is 40.1. The Morgan fingerprint density at radius 1 is 1.19 bits per heavy atom. The highest BCUT2D eigenvalue weighted by Gasteiger charge is 2.27. The van der Waals surface area contributed by atoms with Crippen molar-refractivity contribution in [1.82, 2.24) is 15.2 Å². The Labute approximate surface area is 189 Å². The second-order valence-corrected chi connectivity index (χ2v) is 9.60. The molecular weight excluding hydrogens is 432 g/mol. The fourth-order valence-corrected chi connectivity index (χ4v) is 4.53. The van der Waals surface area contributed by atoms with Crippen LogP contribution in [0.25, 0.3) is 0 Å². The van der Waals surface area contributed by atoms with Gasteiger partial charge in [0.1, 0.15) is 22.5 Å². The summed E-state index contributed by atoms with van der Waals surface area (Å²) in [6.45, 7) is 5.44. The average molecular weight is 463 g/mol.